The van der Waals surface area contributed by atoms with Crippen LogP contribution < -0.4 is 10.1 Å². The van der Waals surface area contributed by atoms with E-state index in [0.717, 1.165) is 16.3 Å². The van der Waals surface area contributed by atoms with Gasteiger partial charge in [-0.1, -0.05) is 12.1 Å². The van der Waals surface area contributed by atoms with Crippen LogP contribution in [-0.4, -0.2) is 18.0 Å². The number of ether oxygens (including phenoxy) is 1. The van der Waals surface area contributed by atoms with Crippen molar-refractivity contribution in [1.82, 2.24) is 10.3 Å². The highest BCUT2D eigenvalue weighted by Crippen LogP contribution is 2.25. The highest BCUT2D eigenvalue weighted by Gasteiger charge is 2.29. The lowest BCUT2D eigenvalue weighted by Gasteiger charge is -2.24. The first kappa shape index (κ1) is 14.5. The van der Waals surface area contributed by atoms with Crippen LogP contribution in [0.1, 0.15) is 24.4 Å². The van der Waals surface area contributed by atoms with Crippen LogP contribution in [-0.2, 0) is 16.8 Å². The lowest BCUT2D eigenvalue weighted by atomic mass is 9.83. The first-order valence-corrected chi connectivity index (χ1v) is 7.23. The number of rotatable bonds is 5. The molecule has 4 nitrogen and oxygen atoms in total. The minimum absolute atomic E-state index is 0.0159. The van der Waals surface area contributed by atoms with Crippen molar-refractivity contribution in [2.45, 2.75) is 25.8 Å². The van der Waals surface area contributed by atoms with Gasteiger partial charge in [0.25, 0.3) is 0 Å². The molecule has 20 heavy (non-hydrogen) atoms. The van der Waals surface area contributed by atoms with Crippen LogP contribution in [0.3, 0.4) is 0 Å². The van der Waals surface area contributed by atoms with Crippen molar-refractivity contribution in [3.8, 4) is 5.75 Å². The first-order chi connectivity index (χ1) is 9.54. The molecule has 0 saturated carbocycles. The standard InChI is InChI=1S/C15H18N2O2S/c1-15(2,11-4-6-12(19-3)7-5-11)14(18)17-10-13-16-8-9-20-13/h4-9H,10H2,1-3H3,(H,17,18). The van der Waals surface area contributed by atoms with E-state index in [1.165, 1.54) is 11.3 Å². The molecular weight excluding hydrogens is 272 g/mol. The Hall–Kier alpha value is -1.88. The smallest absolute Gasteiger partial charge is 0.230 e. The second-order valence-corrected chi connectivity index (χ2v) is 5.94. The second-order valence-electron chi connectivity index (χ2n) is 4.96. The van der Waals surface area contributed by atoms with Crippen molar-refractivity contribution in [2.24, 2.45) is 0 Å². The summed E-state index contributed by atoms with van der Waals surface area (Å²) in [4.78, 5) is 16.5. The van der Waals surface area contributed by atoms with E-state index >= 15 is 0 Å². The molecule has 1 amide bonds. The molecule has 1 aromatic carbocycles. The summed E-state index contributed by atoms with van der Waals surface area (Å²) in [6.07, 6.45) is 1.74. The van der Waals surface area contributed by atoms with E-state index < -0.39 is 5.41 Å². The molecule has 0 aliphatic carbocycles. The second kappa shape index (κ2) is 6.05. The monoisotopic (exact) mass is 290 g/mol. The molecule has 2 rings (SSSR count). The predicted octanol–water partition coefficient (Wildman–Crippen LogP) is 2.75. The molecule has 1 aromatic heterocycles. The molecule has 0 fully saturated rings. The molecule has 0 radical (unpaired) electrons. The van der Waals surface area contributed by atoms with E-state index in [4.69, 9.17) is 4.74 Å². The van der Waals surface area contributed by atoms with Crippen molar-refractivity contribution in [2.75, 3.05) is 7.11 Å². The number of nitrogens with zero attached hydrogens (tertiary/aromatic N) is 1. The van der Waals surface area contributed by atoms with Gasteiger partial charge in [-0.3, -0.25) is 4.79 Å². The summed E-state index contributed by atoms with van der Waals surface area (Å²) >= 11 is 1.53. The fourth-order valence-corrected chi connectivity index (χ4v) is 2.41. The fourth-order valence-electron chi connectivity index (χ4n) is 1.86. The number of hydrogen-bond donors (Lipinski definition) is 1. The number of methoxy groups -OCH3 is 1. The van der Waals surface area contributed by atoms with Crippen LogP contribution in [0, 0.1) is 0 Å². The molecule has 0 bridgehead atoms. The first-order valence-electron chi connectivity index (χ1n) is 6.35. The quantitative estimate of drug-likeness (QED) is 0.921. The maximum Gasteiger partial charge on any atom is 0.230 e. The summed E-state index contributed by atoms with van der Waals surface area (Å²) < 4.78 is 5.13. The van der Waals surface area contributed by atoms with Gasteiger partial charge >= 0.3 is 0 Å². The lowest BCUT2D eigenvalue weighted by Crippen LogP contribution is -2.39. The maximum absolute atomic E-state index is 12.3. The number of carbonyl (C=O) groups excluding carboxylic acids is 1. The topological polar surface area (TPSA) is 51.2 Å². The van der Waals surface area contributed by atoms with E-state index in [-0.39, 0.29) is 5.91 Å². The molecule has 0 spiro atoms. The van der Waals surface area contributed by atoms with Gasteiger partial charge in [0.1, 0.15) is 10.8 Å². The van der Waals surface area contributed by atoms with E-state index in [2.05, 4.69) is 10.3 Å². The molecule has 0 atom stereocenters. The molecule has 0 unspecified atom stereocenters. The molecule has 1 N–H and O–H groups in total. The van der Waals surface area contributed by atoms with Gasteiger partial charge in [0.2, 0.25) is 5.91 Å². The number of carbonyl (C=O) groups is 1. The van der Waals surface area contributed by atoms with Gasteiger partial charge in [0.05, 0.1) is 19.1 Å². The van der Waals surface area contributed by atoms with Gasteiger partial charge < -0.3 is 10.1 Å². The number of nitrogens with one attached hydrogen (secondary N) is 1. The highest BCUT2D eigenvalue weighted by molar-refractivity contribution is 7.09. The van der Waals surface area contributed by atoms with Crippen LogP contribution >= 0.6 is 11.3 Å². The summed E-state index contributed by atoms with van der Waals surface area (Å²) in [5, 5.41) is 5.74. The average Bonchev–Trinajstić information content (AvgIpc) is 2.98. The van der Waals surface area contributed by atoms with E-state index in [0.29, 0.717) is 6.54 Å². The normalized spacial score (nSPS) is 11.2. The molecular formula is C15H18N2O2S. The van der Waals surface area contributed by atoms with Crippen LogP contribution in [0.25, 0.3) is 0 Å². The Morgan fingerprint density at radius 2 is 2.05 bits per heavy atom. The van der Waals surface area contributed by atoms with Crippen molar-refractivity contribution in [3.05, 3.63) is 46.4 Å². The Kier molecular flexibility index (Phi) is 4.39. The van der Waals surface area contributed by atoms with Crippen molar-refractivity contribution >= 4 is 17.2 Å². The highest BCUT2D eigenvalue weighted by atomic mass is 32.1. The van der Waals surface area contributed by atoms with Gasteiger partial charge in [-0.25, -0.2) is 4.98 Å². The van der Waals surface area contributed by atoms with E-state index in [1.54, 1.807) is 13.3 Å². The minimum Gasteiger partial charge on any atom is -0.497 e. The Morgan fingerprint density at radius 1 is 1.35 bits per heavy atom. The van der Waals surface area contributed by atoms with Crippen molar-refractivity contribution in [1.29, 1.82) is 0 Å². The Balaban J connectivity index is 2.05. The summed E-state index contributed by atoms with van der Waals surface area (Å²) in [6, 6.07) is 7.57. The Labute approximate surface area is 122 Å². The van der Waals surface area contributed by atoms with Gasteiger partial charge in [-0.15, -0.1) is 11.3 Å². The third-order valence-electron chi connectivity index (χ3n) is 3.26. The van der Waals surface area contributed by atoms with Gasteiger partial charge in [0.15, 0.2) is 0 Å². The Morgan fingerprint density at radius 3 is 2.60 bits per heavy atom. The summed E-state index contributed by atoms with van der Waals surface area (Å²) in [5.74, 6) is 0.769. The zero-order valence-corrected chi connectivity index (χ0v) is 12.7. The molecule has 5 heteroatoms. The van der Waals surface area contributed by atoms with Crippen molar-refractivity contribution in [3.63, 3.8) is 0 Å². The van der Waals surface area contributed by atoms with Crippen LogP contribution in [0.15, 0.2) is 35.8 Å². The SMILES string of the molecule is COc1ccc(C(C)(C)C(=O)NCc2nccs2)cc1. The average molecular weight is 290 g/mol. The Bertz CT molecular complexity index is 562. The number of aromatic nitrogens is 1. The van der Waals surface area contributed by atoms with Crippen molar-refractivity contribution < 1.29 is 9.53 Å². The van der Waals surface area contributed by atoms with Gasteiger partial charge in [-0.05, 0) is 31.5 Å². The van der Waals surface area contributed by atoms with Crippen LogP contribution in [0.5, 0.6) is 5.75 Å². The van der Waals surface area contributed by atoms with Gasteiger partial charge in [-0.2, -0.15) is 0 Å². The van der Waals surface area contributed by atoms with Gasteiger partial charge in [0, 0.05) is 11.6 Å². The molecule has 1 heterocycles. The number of hydrogen-bond acceptors (Lipinski definition) is 4. The number of benzene rings is 1. The zero-order valence-electron chi connectivity index (χ0n) is 11.8. The minimum atomic E-state index is -0.594. The van der Waals surface area contributed by atoms with E-state index in [9.17, 15) is 4.79 Å². The third-order valence-corrected chi connectivity index (χ3v) is 4.04. The zero-order chi connectivity index (χ0) is 14.6. The fraction of sp³-hybridized carbons (Fsp3) is 0.333. The van der Waals surface area contributed by atoms with Crippen LogP contribution in [0.4, 0.5) is 0 Å². The summed E-state index contributed by atoms with van der Waals surface area (Å²) in [7, 11) is 1.63. The third kappa shape index (κ3) is 3.17. The summed E-state index contributed by atoms with van der Waals surface area (Å²) in [5.41, 5.74) is 0.360. The van der Waals surface area contributed by atoms with Crippen LogP contribution in [0.2, 0.25) is 0 Å². The largest absolute Gasteiger partial charge is 0.497 e. The van der Waals surface area contributed by atoms with E-state index in [1.807, 2.05) is 43.5 Å². The molecule has 0 aliphatic heterocycles. The molecule has 0 saturated heterocycles. The lowest BCUT2D eigenvalue weighted by molar-refractivity contribution is -0.125. The number of thiazole rings is 1. The summed E-state index contributed by atoms with van der Waals surface area (Å²) in [6.45, 7) is 4.29. The maximum atomic E-state index is 12.3. The molecule has 106 valence electrons. The predicted molar refractivity (Wildman–Crippen MR) is 80.0 cm³/mol. The molecule has 2 aromatic rings. The number of amides is 1. The molecule has 0 aliphatic rings.